The first-order valence-electron chi connectivity index (χ1n) is 22.4. The van der Waals surface area contributed by atoms with E-state index in [1.807, 2.05) is 48.5 Å². The average molecular weight is 865 g/mol. The number of benzene rings is 10. The van der Waals surface area contributed by atoms with Crippen LogP contribution in [0.1, 0.15) is 22.3 Å². The predicted molar refractivity (Wildman–Crippen MR) is 275 cm³/mol. The lowest BCUT2D eigenvalue weighted by Crippen LogP contribution is -2.28. The van der Waals surface area contributed by atoms with Crippen LogP contribution in [0.2, 0.25) is 0 Å². The zero-order chi connectivity index (χ0) is 45.3. The van der Waals surface area contributed by atoms with Crippen LogP contribution in [0.5, 0.6) is 0 Å². The predicted octanol–water partition coefficient (Wildman–Crippen LogP) is 15.8. The van der Waals surface area contributed by atoms with Crippen LogP contribution in [0.3, 0.4) is 0 Å². The number of rotatable bonds is 11. The monoisotopic (exact) mass is 864 g/mol. The number of hydrogen-bond acceptors (Lipinski definition) is 5. The molecule has 0 spiro atoms. The van der Waals surface area contributed by atoms with E-state index >= 15 is 0 Å². The highest BCUT2D eigenvalue weighted by Gasteiger charge is 2.46. The van der Waals surface area contributed by atoms with Gasteiger partial charge in [-0.15, -0.1) is 0 Å². The molecule has 2 N–H and O–H groups in total. The molecule has 0 aliphatic heterocycles. The second-order valence-corrected chi connectivity index (χ2v) is 16.8. The van der Waals surface area contributed by atoms with Crippen molar-refractivity contribution in [3.63, 3.8) is 0 Å². The largest absolute Gasteiger partial charge is 0.399 e. The van der Waals surface area contributed by atoms with Crippen LogP contribution in [-0.4, -0.2) is 4.92 Å². The summed E-state index contributed by atoms with van der Waals surface area (Å²) in [6.45, 7) is 0. The number of nitro groups is 1. The van der Waals surface area contributed by atoms with Crippen LogP contribution < -0.4 is 15.5 Å². The summed E-state index contributed by atoms with van der Waals surface area (Å²) in [4.78, 5) is 16.2. The van der Waals surface area contributed by atoms with Gasteiger partial charge in [-0.1, -0.05) is 146 Å². The molecule has 0 heterocycles. The molecular weight excluding hydrogens is 821 g/mol. The van der Waals surface area contributed by atoms with Crippen molar-refractivity contribution in [2.45, 2.75) is 5.41 Å². The lowest BCUT2D eigenvalue weighted by molar-refractivity contribution is -0.384. The Labute approximate surface area is 390 Å². The summed E-state index contributed by atoms with van der Waals surface area (Å²) in [5, 5.41) is 12.1. The van der Waals surface area contributed by atoms with Crippen LogP contribution in [0.25, 0.3) is 33.4 Å². The molecule has 10 aromatic carbocycles. The number of nitrogens with zero attached hydrogens (tertiary/aromatic N) is 3. The van der Waals surface area contributed by atoms with Gasteiger partial charge >= 0.3 is 0 Å². The fourth-order valence-corrected chi connectivity index (χ4v) is 9.85. The number of nitro benzene ring substituents is 1. The molecule has 10 aromatic rings. The quantitative estimate of drug-likeness (QED) is 0.0796. The zero-order valence-electron chi connectivity index (χ0n) is 36.5. The van der Waals surface area contributed by atoms with Gasteiger partial charge in [0.1, 0.15) is 0 Å². The molecule has 6 nitrogen and oxygen atoms in total. The maximum atomic E-state index is 12.1. The van der Waals surface area contributed by atoms with Crippen molar-refractivity contribution < 1.29 is 4.92 Å². The standard InChI is InChI=1S/C61H44N4O2/c62-49-31-27-47(28-32-49)61(48-29-37-56(38-30-48)65(66)67)59-41-45(43-21-33-54(34-22-43)63(50-13-5-1-6-14-50)51-15-7-2-8-16-51)25-39-57(59)58-40-26-46(42-60(58)61)44-23-35-55(36-24-44)64(52-17-9-3-10-18-52)53-19-11-4-12-20-53/h1-42H,62H2. The highest BCUT2D eigenvalue weighted by Crippen LogP contribution is 2.58. The van der Waals surface area contributed by atoms with E-state index in [1.165, 1.54) is 0 Å². The Morgan fingerprint density at radius 1 is 0.358 bits per heavy atom. The molecule has 0 saturated heterocycles. The van der Waals surface area contributed by atoms with Crippen molar-refractivity contribution in [3.8, 4) is 33.4 Å². The smallest absolute Gasteiger partial charge is 0.269 e. The number of hydrogen-bond donors (Lipinski definition) is 1. The van der Waals surface area contributed by atoms with E-state index in [2.05, 4.69) is 204 Å². The first kappa shape index (κ1) is 40.8. The van der Waals surface area contributed by atoms with Crippen molar-refractivity contribution in [2.75, 3.05) is 15.5 Å². The van der Waals surface area contributed by atoms with Gasteiger partial charge in [0.05, 0.1) is 10.3 Å². The molecule has 0 atom stereocenters. The fourth-order valence-electron chi connectivity index (χ4n) is 9.85. The van der Waals surface area contributed by atoms with Crippen LogP contribution in [0, 0.1) is 10.1 Å². The minimum absolute atomic E-state index is 0.0393. The molecule has 0 saturated carbocycles. The van der Waals surface area contributed by atoms with Crippen molar-refractivity contribution in [2.24, 2.45) is 0 Å². The topological polar surface area (TPSA) is 75.6 Å². The first-order valence-corrected chi connectivity index (χ1v) is 22.4. The number of nitrogen functional groups attached to an aromatic ring is 1. The van der Waals surface area contributed by atoms with E-state index in [0.29, 0.717) is 5.69 Å². The van der Waals surface area contributed by atoms with Gasteiger partial charge in [0.25, 0.3) is 5.69 Å². The molecular formula is C61H44N4O2. The summed E-state index contributed by atoms with van der Waals surface area (Å²) in [5.41, 5.74) is 23.2. The maximum absolute atomic E-state index is 12.1. The van der Waals surface area contributed by atoms with Gasteiger partial charge in [0.2, 0.25) is 0 Å². The molecule has 1 aliphatic carbocycles. The van der Waals surface area contributed by atoms with Gasteiger partial charge in [-0.05, 0) is 153 Å². The van der Waals surface area contributed by atoms with Gasteiger partial charge in [-0.2, -0.15) is 0 Å². The summed E-state index contributed by atoms with van der Waals surface area (Å²) in [6, 6.07) is 87.8. The molecule has 0 bridgehead atoms. The first-order chi connectivity index (χ1) is 33.0. The Balaban J connectivity index is 1.05. The molecule has 67 heavy (non-hydrogen) atoms. The number of para-hydroxylation sites is 4. The number of non-ortho nitro benzene ring substituents is 1. The van der Waals surface area contributed by atoms with Crippen LogP contribution in [-0.2, 0) is 5.41 Å². The van der Waals surface area contributed by atoms with Crippen molar-refractivity contribution in [1.29, 1.82) is 0 Å². The fraction of sp³-hybridized carbons (Fsp3) is 0.0164. The normalized spacial score (nSPS) is 12.2. The third-order valence-corrected chi connectivity index (χ3v) is 13.0. The highest BCUT2D eigenvalue weighted by molar-refractivity contribution is 5.91. The molecule has 0 fully saturated rings. The molecule has 11 rings (SSSR count). The van der Waals surface area contributed by atoms with Crippen molar-refractivity contribution in [3.05, 3.63) is 287 Å². The van der Waals surface area contributed by atoms with Crippen molar-refractivity contribution in [1.82, 2.24) is 0 Å². The summed E-state index contributed by atoms with van der Waals surface area (Å²) in [5.74, 6) is 0. The average Bonchev–Trinajstić information content (AvgIpc) is 3.68. The van der Waals surface area contributed by atoms with E-state index in [-0.39, 0.29) is 10.6 Å². The third-order valence-electron chi connectivity index (χ3n) is 13.0. The van der Waals surface area contributed by atoms with Crippen LogP contribution >= 0.6 is 0 Å². The SMILES string of the molecule is Nc1ccc(C2(c3ccc([N+](=O)[O-])cc3)c3cc(-c4ccc(N(c5ccccc5)c5ccccc5)cc4)ccc3-c3ccc(-c4ccc(N(c5ccccc5)c5ccccc5)cc4)cc32)cc1. The van der Waals surface area contributed by atoms with Crippen LogP contribution in [0.15, 0.2) is 255 Å². The Hall–Kier alpha value is -9.00. The summed E-state index contributed by atoms with van der Waals surface area (Å²) < 4.78 is 0. The molecule has 320 valence electrons. The summed E-state index contributed by atoms with van der Waals surface area (Å²) in [7, 11) is 0. The second-order valence-electron chi connectivity index (χ2n) is 16.8. The van der Waals surface area contributed by atoms with Gasteiger partial charge in [-0.3, -0.25) is 10.1 Å². The van der Waals surface area contributed by atoms with Gasteiger partial charge in [0, 0.05) is 51.9 Å². The minimum Gasteiger partial charge on any atom is -0.399 e. The lowest BCUT2D eigenvalue weighted by atomic mass is 9.67. The molecule has 0 aromatic heterocycles. The Morgan fingerprint density at radius 3 is 1.01 bits per heavy atom. The van der Waals surface area contributed by atoms with Gasteiger partial charge in [0.15, 0.2) is 0 Å². The molecule has 1 aliphatic rings. The van der Waals surface area contributed by atoms with Gasteiger partial charge < -0.3 is 15.5 Å². The molecule has 6 heteroatoms. The van der Waals surface area contributed by atoms with E-state index in [4.69, 9.17) is 5.73 Å². The zero-order valence-corrected chi connectivity index (χ0v) is 36.5. The number of fused-ring (bicyclic) bond motifs is 3. The van der Waals surface area contributed by atoms with Crippen molar-refractivity contribution >= 4 is 45.5 Å². The van der Waals surface area contributed by atoms with E-state index in [1.54, 1.807) is 12.1 Å². The lowest BCUT2D eigenvalue weighted by Gasteiger charge is -2.34. The third kappa shape index (κ3) is 7.37. The van der Waals surface area contributed by atoms with E-state index in [0.717, 1.165) is 89.8 Å². The second kappa shape index (κ2) is 17.2. The summed E-state index contributed by atoms with van der Waals surface area (Å²) in [6.07, 6.45) is 0. The molecule has 0 amide bonds. The number of anilines is 7. The Bertz CT molecular complexity index is 3090. The van der Waals surface area contributed by atoms with E-state index in [9.17, 15) is 10.1 Å². The molecule has 0 radical (unpaired) electrons. The maximum Gasteiger partial charge on any atom is 0.269 e. The molecule has 0 unspecified atom stereocenters. The number of nitrogens with two attached hydrogens (primary N) is 1. The van der Waals surface area contributed by atoms with Crippen LogP contribution in [0.4, 0.5) is 45.5 Å². The minimum atomic E-state index is -0.853. The van der Waals surface area contributed by atoms with E-state index < -0.39 is 5.41 Å². The summed E-state index contributed by atoms with van der Waals surface area (Å²) >= 11 is 0. The Kier molecular flexibility index (Phi) is 10.5. The Morgan fingerprint density at radius 2 is 0.672 bits per heavy atom. The highest BCUT2D eigenvalue weighted by atomic mass is 16.6. The van der Waals surface area contributed by atoms with Gasteiger partial charge in [-0.25, -0.2) is 0 Å².